The van der Waals surface area contributed by atoms with Gasteiger partial charge in [0.2, 0.25) is 11.8 Å². The summed E-state index contributed by atoms with van der Waals surface area (Å²) in [5, 5.41) is 10.6. The molecule has 0 spiro atoms. The summed E-state index contributed by atoms with van der Waals surface area (Å²) in [6.45, 7) is 2.78. The Morgan fingerprint density at radius 1 is 1.17 bits per heavy atom. The van der Waals surface area contributed by atoms with E-state index in [0.29, 0.717) is 24.2 Å². The number of piperidine rings is 1. The topological polar surface area (TPSA) is 135 Å². The van der Waals surface area contributed by atoms with Gasteiger partial charge in [0.15, 0.2) is 5.69 Å². The molecule has 4 amide bonds. The molecule has 12 nitrogen and oxygen atoms in total. The van der Waals surface area contributed by atoms with E-state index >= 15 is 0 Å². The van der Waals surface area contributed by atoms with Gasteiger partial charge in [-0.05, 0) is 37.1 Å². The summed E-state index contributed by atoms with van der Waals surface area (Å²) < 4.78 is 3.50. The maximum atomic E-state index is 13.2. The average Bonchev–Trinajstić information content (AvgIpc) is 3.57. The van der Waals surface area contributed by atoms with Crippen molar-refractivity contribution >= 4 is 23.6 Å². The molecule has 0 aliphatic carbocycles. The van der Waals surface area contributed by atoms with E-state index in [9.17, 15) is 19.2 Å². The molecular formula is C24H24N8O4. The van der Waals surface area contributed by atoms with Gasteiger partial charge in [-0.2, -0.15) is 0 Å². The van der Waals surface area contributed by atoms with Crippen molar-refractivity contribution in [2.75, 3.05) is 6.54 Å². The molecule has 36 heavy (non-hydrogen) atoms. The Morgan fingerprint density at radius 3 is 2.81 bits per heavy atom. The number of amides is 4. The van der Waals surface area contributed by atoms with E-state index in [-0.39, 0.29) is 42.4 Å². The van der Waals surface area contributed by atoms with Crippen LogP contribution in [0.5, 0.6) is 0 Å². The van der Waals surface area contributed by atoms with E-state index in [0.717, 1.165) is 23.4 Å². The van der Waals surface area contributed by atoms with Crippen molar-refractivity contribution in [1.29, 1.82) is 0 Å². The number of benzene rings is 1. The van der Waals surface area contributed by atoms with Gasteiger partial charge < -0.3 is 14.4 Å². The van der Waals surface area contributed by atoms with Gasteiger partial charge in [-0.15, -0.1) is 5.10 Å². The highest BCUT2D eigenvalue weighted by atomic mass is 16.2. The SMILES string of the molecule is CC1c2ncn(C)c2CCN1C(=O)c1cn(-c2ccc3c(c2)CN(C2CCC(=O)NC2=O)C3=O)nn1. The zero-order valence-corrected chi connectivity index (χ0v) is 19.8. The minimum atomic E-state index is -0.673. The van der Waals surface area contributed by atoms with Crippen molar-refractivity contribution in [3.8, 4) is 5.69 Å². The Morgan fingerprint density at radius 2 is 2.00 bits per heavy atom. The lowest BCUT2D eigenvalue weighted by Gasteiger charge is -2.32. The number of imide groups is 1. The van der Waals surface area contributed by atoms with Gasteiger partial charge in [0.1, 0.15) is 6.04 Å². The maximum Gasteiger partial charge on any atom is 0.276 e. The normalized spacial score (nSPS) is 21.4. The van der Waals surface area contributed by atoms with E-state index in [1.165, 1.54) is 9.58 Å². The van der Waals surface area contributed by atoms with E-state index in [1.807, 2.05) is 24.6 Å². The number of fused-ring (bicyclic) bond motifs is 2. The van der Waals surface area contributed by atoms with Crippen LogP contribution in [-0.4, -0.2) is 70.6 Å². The maximum absolute atomic E-state index is 13.2. The van der Waals surface area contributed by atoms with Crippen molar-refractivity contribution in [1.82, 2.24) is 39.7 Å². The van der Waals surface area contributed by atoms with Crippen LogP contribution in [0.2, 0.25) is 0 Å². The molecule has 3 aromatic rings. The fourth-order valence-electron chi connectivity index (χ4n) is 5.31. The first-order valence-corrected chi connectivity index (χ1v) is 11.8. The van der Waals surface area contributed by atoms with Gasteiger partial charge in [0, 0.05) is 44.2 Å². The molecule has 5 heterocycles. The van der Waals surface area contributed by atoms with Crippen LogP contribution in [0.4, 0.5) is 0 Å². The summed E-state index contributed by atoms with van der Waals surface area (Å²) in [7, 11) is 1.95. The van der Waals surface area contributed by atoms with Gasteiger partial charge >= 0.3 is 0 Å². The third-order valence-electron chi connectivity index (χ3n) is 7.29. The highest BCUT2D eigenvalue weighted by Crippen LogP contribution is 2.30. The second-order valence-electron chi connectivity index (χ2n) is 9.40. The molecular weight excluding hydrogens is 464 g/mol. The van der Waals surface area contributed by atoms with Crippen molar-refractivity contribution in [2.24, 2.45) is 7.05 Å². The molecule has 2 atom stereocenters. The number of carbonyl (C=O) groups excluding carboxylic acids is 4. The van der Waals surface area contributed by atoms with E-state index in [2.05, 4.69) is 20.6 Å². The van der Waals surface area contributed by atoms with Crippen LogP contribution in [0.1, 0.15) is 63.6 Å². The molecule has 0 saturated carbocycles. The van der Waals surface area contributed by atoms with Crippen LogP contribution < -0.4 is 5.32 Å². The zero-order chi connectivity index (χ0) is 25.1. The van der Waals surface area contributed by atoms with Crippen LogP contribution in [0.15, 0.2) is 30.7 Å². The summed E-state index contributed by atoms with van der Waals surface area (Å²) in [5.41, 5.74) is 4.16. The molecule has 6 rings (SSSR count). The fourth-order valence-corrected chi connectivity index (χ4v) is 5.31. The number of carbonyl (C=O) groups is 4. The lowest BCUT2D eigenvalue weighted by Crippen LogP contribution is -2.52. The van der Waals surface area contributed by atoms with Gasteiger partial charge in [0.25, 0.3) is 11.8 Å². The second kappa shape index (κ2) is 8.11. The monoisotopic (exact) mass is 488 g/mol. The lowest BCUT2D eigenvalue weighted by atomic mass is 10.0. The number of hydrogen-bond acceptors (Lipinski definition) is 7. The lowest BCUT2D eigenvalue weighted by molar-refractivity contribution is -0.136. The number of nitrogens with one attached hydrogen (secondary N) is 1. The number of imidazole rings is 1. The second-order valence-corrected chi connectivity index (χ2v) is 9.40. The first-order chi connectivity index (χ1) is 17.3. The summed E-state index contributed by atoms with van der Waals surface area (Å²) >= 11 is 0. The molecule has 3 aliphatic rings. The Balaban J connectivity index is 1.21. The minimum absolute atomic E-state index is 0.170. The van der Waals surface area contributed by atoms with E-state index in [4.69, 9.17) is 0 Å². The minimum Gasteiger partial charge on any atom is -0.337 e. The molecule has 1 aromatic carbocycles. The van der Waals surface area contributed by atoms with E-state index < -0.39 is 11.9 Å². The van der Waals surface area contributed by atoms with Crippen LogP contribution in [-0.2, 0) is 29.6 Å². The van der Waals surface area contributed by atoms with Crippen LogP contribution in [0, 0.1) is 0 Å². The van der Waals surface area contributed by atoms with Crippen molar-refractivity contribution in [3.63, 3.8) is 0 Å². The Kier molecular flexibility index (Phi) is 4.99. The molecule has 1 saturated heterocycles. The molecule has 2 unspecified atom stereocenters. The molecule has 184 valence electrons. The molecule has 0 radical (unpaired) electrons. The quantitative estimate of drug-likeness (QED) is 0.531. The Hall–Kier alpha value is -4.35. The zero-order valence-electron chi connectivity index (χ0n) is 19.8. The molecule has 2 aromatic heterocycles. The Bertz CT molecular complexity index is 1440. The van der Waals surface area contributed by atoms with Crippen molar-refractivity contribution < 1.29 is 19.2 Å². The summed E-state index contributed by atoms with van der Waals surface area (Å²) in [6, 6.07) is 4.39. The molecule has 12 heteroatoms. The first kappa shape index (κ1) is 22.1. The third kappa shape index (κ3) is 3.40. The number of nitrogens with zero attached hydrogens (tertiary/aromatic N) is 7. The van der Waals surface area contributed by atoms with Crippen LogP contribution >= 0.6 is 0 Å². The molecule has 1 fully saturated rings. The van der Waals surface area contributed by atoms with Gasteiger partial charge in [0.05, 0.1) is 29.9 Å². The Labute approximate surface area is 205 Å². The van der Waals surface area contributed by atoms with Gasteiger partial charge in [-0.3, -0.25) is 24.5 Å². The third-order valence-corrected chi connectivity index (χ3v) is 7.29. The molecule has 3 aliphatic heterocycles. The van der Waals surface area contributed by atoms with Crippen molar-refractivity contribution in [3.05, 3.63) is 58.9 Å². The summed E-state index contributed by atoms with van der Waals surface area (Å²) in [6.07, 6.45) is 4.58. The molecule has 1 N–H and O–H groups in total. The van der Waals surface area contributed by atoms with Crippen LogP contribution in [0.25, 0.3) is 5.69 Å². The first-order valence-electron chi connectivity index (χ1n) is 11.8. The number of aryl methyl sites for hydroxylation is 1. The summed E-state index contributed by atoms with van der Waals surface area (Å²) in [4.78, 5) is 57.6. The predicted molar refractivity (Wildman–Crippen MR) is 124 cm³/mol. The highest BCUT2D eigenvalue weighted by Gasteiger charge is 2.39. The van der Waals surface area contributed by atoms with Crippen LogP contribution in [0.3, 0.4) is 0 Å². The number of aromatic nitrogens is 5. The van der Waals surface area contributed by atoms with E-state index in [1.54, 1.807) is 29.6 Å². The fraction of sp³-hybridized carbons (Fsp3) is 0.375. The highest BCUT2D eigenvalue weighted by molar-refractivity contribution is 6.05. The average molecular weight is 489 g/mol. The predicted octanol–water partition coefficient (Wildman–Crippen LogP) is 0.521. The standard InChI is InChI=1S/C24H24N8O4/c1-13-21-18(29(2)12-25-21)7-8-30(13)24(36)17-11-32(28-27-17)15-3-4-16-14(9-15)10-31(23(16)35)19-5-6-20(33)26-22(19)34/h3-4,9,11-13,19H,5-8,10H2,1-2H3,(H,26,33,34). The number of rotatable bonds is 3. The number of hydrogen-bond donors (Lipinski definition) is 1. The van der Waals surface area contributed by atoms with Crippen molar-refractivity contribution in [2.45, 2.75) is 44.8 Å². The molecule has 0 bridgehead atoms. The smallest absolute Gasteiger partial charge is 0.276 e. The van der Waals surface area contributed by atoms with Gasteiger partial charge in [-0.1, -0.05) is 5.21 Å². The van der Waals surface area contributed by atoms with Gasteiger partial charge in [-0.25, -0.2) is 9.67 Å². The summed E-state index contributed by atoms with van der Waals surface area (Å²) in [5.74, 6) is -1.23. The largest absolute Gasteiger partial charge is 0.337 e.